The van der Waals surface area contributed by atoms with Crippen molar-refractivity contribution in [2.45, 2.75) is 57.9 Å². The highest BCUT2D eigenvalue weighted by molar-refractivity contribution is 5.56. The molecule has 2 fully saturated rings. The predicted molar refractivity (Wildman–Crippen MR) is 88.6 cm³/mol. The first-order valence-corrected chi connectivity index (χ1v) is 8.56. The molecule has 4 rings (SSSR count). The molecule has 1 saturated carbocycles. The minimum atomic E-state index is 0.489. The number of aryl methyl sites for hydroxylation is 1. The van der Waals surface area contributed by atoms with Crippen LogP contribution in [0.3, 0.4) is 0 Å². The van der Waals surface area contributed by atoms with Crippen molar-refractivity contribution in [2.75, 3.05) is 18.4 Å². The molecule has 0 amide bonds. The number of fused-ring (bicyclic) bond motifs is 1. The lowest BCUT2D eigenvalue weighted by atomic mass is 10.1. The Balaban J connectivity index is 1.76. The van der Waals surface area contributed by atoms with E-state index in [1.807, 2.05) is 4.52 Å². The fourth-order valence-corrected chi connectivity index (χ4v) is 3.78. The Labute approximate surface area is 131 Å². The summed E-state index contributed by atoms with van der Waals surface area (Å²) >= 11 is 0. The minimum absolute atomic E-state index is 0.489. The van der Waals surface area contributed by atoms with Crippen molar-refractivity contribution >= 4 is 11.5 Å². The van der Waals surface area contributed by atoms with Crippen LogP contribution in [0, 0.1) is 13.8 Å². The Morgan fingerprint density at radius 3 is 2.77 bits per heavy atom. The van der Waals surface area contributed by atoms with Crippen molar-refractivity contribution < 1.29 is 0 Å². The quantitative estimate of drug-likeness (QED) is 0.915. The second-order valence-electron chi connectivity index (χ2n) is 6.83. The first-order valence-electron chi connectivity index (χ1n) is 8.56. The van der Waals surface area contributed by atoms with E-state index in [1.54, 1.807) is 0 Å². The van der Waals surface area contributed by atoms with Gasteiger partial charge in [0.2, 0.25) is 0 Å². The van der Waals surface area contributed by atoms with Crippen LogP contribution < -0.4 is 10.6 Å². The Morgan fingerprint density at radius 2 is 2.05 bits per heavy atom. The van der Waals surface area contributed by atoms with Crippen molar-refractivity contribution in [3.8, 4) is 0 Å². The summed E-state index contributed by atoms with van der Waals surface area (Å²) in [7, 11) is 0. The summed E-state index contributed by atoms with van der Waals surface area (Å²) in [4.78, 5) is 4.75. The third-order valence-electron chi connectivity index (χ3n) is 5.28. The van der Waals surface area contributed by atoms with Gasteiger partial charge in [0.05, 0.1) is 5.69 Å². The highest BCUT2D eigenvalue weighted by atomic mass is 15.3. The number of aromatic nitrogens is 3. The van der Waals surface area contributed by atoms with E-state index < -0.39 is 0 Å². The first kappa shape index (κ1) is 14.0. The molecule has 1 atom stereocenters. The van der Waals surface area contributed by atoms with Crippen LogP contribution in [-0.4, -0.2) is 33.7 Å². The Morgan fingerprint density at radius 1 is 1.23 bits per heavy atom. The molecule has 22 heavy (non-hydrogen) atoms. The van der Waals surface area contributed by atoms with Crippen molar-refractivity contribution in [1.29, 1.82) is 0 Å². The van der Waals surface area contributed by atoms with Gasteiger partial charge >= 0.3 is 0 Å². The molecule has 1 unspecified atom stereocenters. The van der Waals surface area contributed by atoms with E-state index in [9.17, 15) is 0 Å². The second kappa shape index (κ2) is 5.54. The normalized spacial score (nSPS) is 22.7. The summed E-state index contributed by atoms with van der Waals surface area (Å²) < 4.78 is 2.04. The topological polar surface area (TPSA) is 54.2 Å². The zero-order valence-corrected chi connectivity index (χ0v) is 13.5. The number of hydrogen-bond acceptors (Lipinski definition) is 4. The first-order chi connectivity index (χ1) is 10.7. The SMILES string of the molecule is Cc1nc2cc(C3CCCC3)nn2c(NC2CCNC2)c1C. The maximum Gasteiger partial charge on any atom is 0.157 e. The molecule has 2 N–H and O–H groups in total. The van der Waals surface area contributed by atoms with E-state index in [0.29, 0.717) is 12.0 Å². The summed E-state index contributed by atoms with van der Waals surface area (Å²) in [5.41, 5.74) is 4.51. The van der Waals surface area contributed by atoms with Gasteiger partial charge in [-0.2, -0.15) is 9.61 Å². The number of nitrogens with one attached hydrogen (secondary N) is 2. The molecule has 1 aliphatic heterocycles. The van der Waals surface area contributed by atoms with Gasteiger partial charge in [-0.3, -0.25) is 0 Å². The fraction of sp³-hybridized carbons (Fsp3) is 0.647. The van der Waals surface area contributed by atoms with E-state index >= 15 is 0 Å². The van der Waals surface area contributed by atoms with Gasteiger partial charge in [-0.05, 0) is 39.7 Å². The lowest BCUT2D eigenvalue weighted by Crippen LogP contribution is -2.24. The molecule has 0 radical (unpaired) electrons. The number of hydrogen-bond donors (Lipinski definition) is 2. The standard InChI is InChI=1S/C17H25N5/c1-11-12(2)19-16-9-15(13-5-3-4-6-13)21-22(16)17(11)20-14-7-8-18-10-14/h9,13-14,18,20H,3-8,10H2,1-2H3. The number of rotatable bonds is 3. The van der Waals surface area contributed by atoms with Crippen LogP contribution in [0.1, 0.15) is 55.0 Å². The molecule has 2 aliphatic rings. The van der Waals surface area contributed by atoms with Crippen molar-refractivity contribution in [1.82, 2.24) is 19.9 Å². The highest BCUT2D eigenvalue weighted by Gasteiger charge is 2.23. The van der Waals surface area contributed by atoms with Crippen LogP contribution in [-0.2, 0) is 0 Å². The van der Waals surface area contributed by atoms with Crippen molar-refractivity contribution in [3.63, 3.8) is 0 Å². The van der Waals surface area contributed by atoms with Gasteiger partial charge in [-0.15, -0.1) is 0 Å². The van der Waals surface area contributed by atoms with Gasteiger partial charge in [0.25, 0.3) is 0 Å². The molecule has 0 aromatic carbocycles. The molecule has 1 aliphatic carbocycles. The lowest BCUT2D eigenvalue weighted by molar-refractivity contribution is 0.682. The molecular formula is C17H25N5. The summed E-state index contributed by atoms with van der Waals surface area (Å²) in [5.74, 6) is 1.75. The Bertz CT molecular complexity index is 678. The molecule has 5 nitrogen and oxygen atoms in total. The predicted octanol–water partition coefficient (Wildman–Crippen LogP) is 2.78. The molecule has 2 aromatic heterocycles. The second-order valence-corrected chi connectivity index (χ2v) is 6.83. The van der Waals surface area contributed by atoms with Gasteiger partial charge < -0.3 is 10.6 Å². The van der Waals surface area contributed by atoms with E-state index in [0.717, 1.165) is 30.2 Å². The number of nitrogens with zero attached hydrogens (tertiary/aromatic N) is 3. The van der Waals surface area contributed by atoms with Gasteiger partial charge in [-0.1, -0.05) is 12.8 Å². The summed E-state index contributed by atoms with van der Waals surface area (Å²) in [6.45, 7) is 6.36. The van der Waals surface area contributed by atoms with Crippen LogP contribution in [0.4, 0.5) is 5.82 Å². The van der Waals surface area contributed by atoms with Crippen LogP contribution in [0.2, 0.25) is 0 Å². The maximum atomic E-state index is 4.91. The smallest absolute Gasteiger partial charge is 0.157 e. The largest absolute Gasteiger partial charge is 0.366 e. The molecule has 2 aromatic rings. The van der Waals surface area contributed by atoms with E-state index in [1.165, 1.54) is 43.4 Å². The van der Waals surface area contributed by atoms with Gasteiger partial charge in [0.1, 0.15) is 5.82 Å². The van der Waals surface area contributed by atoms with Gasteiger partial charge in [0, 0.05) is 35.8 Å². The van der Waals surface area contributed by atoms with Crippen LogP contribution in [0.5, 0.6) is 0 Å². The van der Waals surface area contributed by atoms with E-state index in [4.69, 9.17) is 10.1 Å². The van der Waals surface area contributed by atoms with Gasteiger partial charge in [0.15, 0.2) is 5.65 Å². The zero-order chi connectivity index (χ0) is 15.1. The molecular weight excluding hydrogens is 274 g/mol. The minimum Gasteiger partial charge on any atom is -0.366 e. The lowest BCUT2D eigenvalue weighted by Gasteiger charge is -2.17. The molecule has 0 bridgehead atoms. The molecule has 118 valence electrons. The average molecular weight is 299 g/mol. The summed E-state index contributed by atoms with van der Waals surface area (Å²) in [6, 6.07) is 2.68. The molecule has 1 saturated heterocycles. The number of anilines is 1. The van der Waals surface area contributed by atoms with Crippen molar-refractivity contribution in [2.24, 2.45) is 0 Å². The summed E-state index contributed by atoms with van der Waals surface area (Å²) in [5, 5.41) is 12.0. The van der Waals surface area contributed by atoms with Crippen molar-refractivity contribution in [3.05, 3.63) is 23.0 Å². The summed E-state index contributed by atoms with van der Waals surface area (Å²) in [6.07, 6.45) is 6.39. The third-order valence-corrected chi connectivity index (χ3v) is 5.28. The van der Waals surface area contributed by atoms with Crippen LogP contribution >= 0.6 is 0 Å². The molecule has 5 heteroatoms. The Hall–Kier alpha value is -1.62. The fourth-order valence-electron chi connectivity index (χ4n) is 3.78. The van der Waals surface area contributed by atoms with E-state index in [2.05, 4.69) is 30.5 Å². The highest BCUT2D eigenvalue weighted by Crippen LogP contribution is 2.34. The van der Waals surface area contributed by atoms with Crippen LogP contribution in [0.15, 0.2) is 6.07 Å². The molecule has 0 spiro atoms. The average Bonchev–Trinajstić information content (AvgIpc) is 3.23. The Kier molecular flexibility index (Phi) is 3.53. The van der Waals surface area contributed by atoms with Gasteiger partial charge in [-0.25, -0.2) is 4.98 Å². The maximum absolute atomic E-state index is 4.91. The van der Waals surface area contributed by atoms with Crippen LogP contribution in [0.25, 0.3) is 5.65 Å². The zero-order valence-electron chi connectivity index (χ0n) is 13.5. The third kappa shape index (κ3) is 2.37. The molecule has 3 heterocycles. The monoisotopic (exact) mass is 299 g/mol. The van der Waals surface area contributed by atoms with E-state index in [-0.39, 0.29) is 0 Å².